The van der Waals surface area contributed by atoms with Gasteiger partial charge in [0.05, 0.1) is 5.69 Å². The molecule has 2 aromatic carbocycles. The van der Waals surface area contributed by atoms with Gasteiger partial charge in [-0.3, -0.25) is 9.59 Å². The van der Waals surface area contributed by atoms with Crippen LogP contribution in [0.15, 0.2) is 42.5 Å². The molecule has 0 aromatic heterocycles. The second-order valence-corrected chi connectivity index (χ2v) is 7.28. The summed E-state index contributed by atoms with van der Waals surface area (Å²) in [6.45, 7) is 4.70. The molecule has 0 aliphatic rings. The van der Waals surface area contributed by atoms with E-state index in [4.69, 9.17) is 16.3 Å². The van der Waals surface area contributed by atoms with Gasteiger partial charge >= 0.3 is 5.97 Å². The first-order chi connectivity index (χ1) is 13.7. The van der Waals surface area contributed by atoms with Crippen LogP contribution < -0.4 is 10.6 Å². The molecule has 0 bridgehead atoms. The number of carbonyl (C=O) groups is 3. The molecule has 0 saturated heterocycles. The molecule has 154 valence electrons. The molecule has 0 aliphatic carbocycles. The maximum absolute atomic E-state index is 13.7. The maximum Gasteiger partial charge on any atom is 0.329 e. The third-order valence-electron chi connectivity index (χ3n) is 4.04. The maximum atomic E-state index is 13.7. The topological polar surface area (TPSA) is 84.5 Å². The number of ether oxygens (including phenoxy) is 1. The summed E-state index contributed by atoms with van der Waals surface area (Å²) < 4.78 is 18.7. The van der Waals surface area contributed by atoms with Crippen molar-refractivity contribution in [2.45, 2.75) is 26.8 Å². The first kappa shape index (κ1) is 22.4. The van der Waals surface area contributed by atoms with Crippen LogP contribution in [0.2, 0.25) is 5.02 Å². The Kier molecular flexibility index (Phi) is 7.73. The fraction of sp³-hybridized carbons (Fsp3) is 0.286. The highest BCUT2D eigenvalue weighted by atomic mass is 35.5. The average Bonchev–Trinajstić information content (AvgIpc) is 2.66. The molecule has 0 radical (unpaired) electrons. The summed E-state index contributed by atoms with van der Waals surface area (Å²) >= 11 is 5.77. The van der Waals surface area contributed by atoms with E-state index in [1.54, 1.807) is 32.0 Å². The first-order valence-corrected chi connectivity index (χ1v) is 9.34. The SMILES string of the molecule is Cc1cccc(C(=O)N[C@H](C(=O)OCC(=O)Nc2cc(Cl)ccc2F)C(C)C)c1. The minimum Gasteiger partial charge on any atom is -0.454 e. The summed E-state index contributed by atoms with van der Waals surface area (Å²) in [5.74, 6) is -2.85. The quantitative estimate of drug-likeness (QED) is 0.668. The molecule has 1 atom stereocenters. The summed E-state index contributed by atoms with van der Waals surface area (Å²) in [4.78, 5) is 36.8. The van der Waals surface area contributed by atoms with Crippen molar-refractivity contribution in [2.75, 3.05) is 11.9 Å². The lowest BCUT2D eigenvalue weighted by molar-refractivity contribution is -0.150. The van der Waals surface area contributed by atoms with Gasteiger partial charge in [0.2, 0.25) is 0 Å². The Morgan fingerprint density at radius 3 is 2.52 bits per heavy atom. The van der Waals surface area contributed by atoms with Crippen molar-refractivity contribution in [3.05, 3.63) is 64.4 Å². The monoisotopic (exact) mass is 420 g/mol. The van der Waals surface area contributed by atoms with E-state index in [0.29, 0.717) is 5.56 Å². The number of anilines is 1. The van der Waals surface area contributed by atoms with Gasteiger partial charge in [-0.2, -0.15) is 0 Å². The van der Waals surface area contributed by atoms with E-state index in [2.05, 4.69) is 10.6 Å². The van der Waals surface area contributed by atoms with Crippen LogP contribution in [-0.2, 0) is 14.3 Å². The second kappa shape index (κ2) is 10.0. The highest BCUT2D eigenvalue weighted by Crippen LogP contribution is 2.19. The lowest BCUT2D eigenvalue weighted by Crippen LogP contribution is -2.46. The molecular formula is C21H22ClFN2O4. The Morgan fingerprint density at radius 2 is 1.86 bits per heavy atom. The van der Waals surface area contributed by atoms with Gasteiger partial charge in [0.1, 0.15) is 11.9 Å². The number of benzene rings is 2. The van der Waals surface area contributed by atoms with E-state index in [1.165, 1.54) is 12.1 Å². The zero-order valence-corrected chi connectivity index (χ0v) is 17.0. The van der Waals surface area contributed by atoms with Crippen molar-refractivity contribution in [2.24, 2.45) is 5.92 Å². The van der Waals surface area contributed by atoms with E-state index >= 15 is 0 Å². The minimum absolute atomic E-state index is 0.119. The number of rotatable bonds is 7. The van der Waals surface area contributed by atoms with Crippen LogP contribution in [0, 0.1) is 18.7 Å². The third kappa shape index (κ3) is 6.57. The van der Waals surface area contributed by atoms with E-state index < -0.39 is 36.2 Å². The lowest BCUT2D eigenvalue weighted by Gasteiger charge is -2.21. The Bertz CT molecular complexity index is 917. The van der Waals surface area contributed by atoms with Gasteiger partial charge in [-0.05, 0) is 43.2 Å². The Hall–Kier alpha value is -2.93. The van der Waals surface area contributed by atoms with Gasteiger partial charge in [-0.1, -0.05) is 43.1 Å². The highest BCUT2D eigenvalue weighted by Gasteiger charge is 2.27. The molecule has 2 rings (SSSR count). The number of halogens is 2. The number of aryl methyl sites for hydroxylation is 1. The largest absolute Gasteiger partial charge is 0.454 e. The lowest BCUT2D eigenvalue weighted by atomic mass is 10.0. The van der Waals surface area contributed by atoms with Gasteiger partial charge in [0.15, 0.2) is 6.61 Å². The Balaban J connectivity index is 1.96. The van der Waals surface area contributed by atoms with Crippen molar-refractivity contribution in [1.29, 1.82) is 0 Å². The zero-order valence-electron chi connectivity index (χ0n) is 16.3. The fourth-order valence-corrected chi connectivity index (χ4v) is 2.69. The number of nitrogens with one attached hydrogen (secondary N) is 2. The van der Waals surface area contributed by atoms with Crippen LogP contribution in [0.3, 0.4) is 0 Å². The number of amides is 2. The molecule has 8 heteroatoms. The predicted octanol–water partition coefficient (Wildman–Crippen LogP) is 3.72. The minimum atomic E-state index is -0.946. The fourth-order valence-electron chi connectivity index (χ4n) is 2.51. The summed E-state index contributed by atoms with van der Waals surface area (Å²) in [5, 5.41) is 5.16. The Morgan fingerprint density at radius 1 is 1.14 bits per heavy atom. The van der Waals surface area contributed by atoms with Gasteiger partial charge in [-0.15, -0.1) is 0 Å². The van der Waals surface area contributed by atoms with Crippen molar-refractivity contribution < 1.29 is 23.5 Å². The molecule has 0 unspecified atom stereocenters. The molecule has 0 heterocycles. The highest BCUT2D eigenvalue weighted by molar-refractivity contribution is 6.30. The molecule has 2 aromatic rings. The number of esters is 1. The second-order valence-electron chi connectivity index (χ2n) is 6.84. The summed E-state index contributed by atoms with van der Waals surface area (Å²) in [7, 11) is 0. The standard InChI is InChI=1S/C21H22ClFN2O4/c1-12(2)19(25-20(27)14-6-4-5-13(3)9-14)21(28)29-11-18(26)24-17-10-15(22)7-8-16(17)23/h4-10,12,19H,11H2,1-3H3,(H,24,26)(H,25,27)/t19-/m0/s1. The molecular weight excluding hydrogens is 399 g/mol. The molecule has 0 aliphatic heterocycles. The molecule has 29 heavy (non-hydrogen) atoms. The van der Waals surface area contributed by atoms with Gasteiger partial charge < -0.3 is 15.4 Å². The summed E-state index contributed by atoms with van der Waals surface area (Å²) in [6, 6.07) is 9.69. The van der Waals surface area contributed by atoms with E-state index in [-0.39, 0.29) is 16.6 Å². The zero-order chi connectivity index (χ0) is 21.6. The molecule has 0 spiro atoms. The summed E-state index contributed by atoms with van der Waals surface area (Å²) in [6.07, 6.45) is 0. The summed E-state index contributed by atoms with van der Waals surface area (Å²) in [5.41, 5.74) is 1.20. The van der Waals surface area contributed by atoms with Gasteiger partial charge in [0, 0.05) is 10.6 Å². The Labute approximate surface area is 173 Å². The van der Waals surface area contributed by atoms with Crippen LogP contribution in [0.4, 0.5) is 10.1 Å². The van der Waals surface area contributed by atoms with E-state index in [1.807, 2.05) is 13.0 Å². The van der Waals surface area contributed by atoms with Crippen LogP contribution in [0.1, 0.15) is 29.8 Å². The molecule has 6 nitrogen and oxygen atoms in total. The van der Waals surface area contributed by atoms with E-state index in [9.17, 15) is 18.8 Å². The molecule has 0 fully saturated rings. The number of hydrogen-bond donors (Lipinski definition) is 2. The van der Waals surface area contributed by atoms with E-state index in [0.717, 1.165) is 11.6 Å². The van der Waals surface area contributed by atoms with Crippen LogP contribution in [0.25, 0.3) is 0 Å². The molecule has 2 N–H and O–H groups in total. The van der Waals surface area contributed by atoms with Crippen molar-refractivity contribution in [1.82, 2.24) is 5.32 Å². The van der Waals surface area contributed by atoms with Crippen molar-refractivity contribution in [3.63, 3.8) is 0 Å². The van der Waals surface area contributed by atoms with Crippen molar-refractivity contribution >= 4 is 35.1 Å². The molecule has 2 amide bonds. The number of hydrogen-bond acceptors (Lipinski definition) is 4. The smallest absolute Gasteiger partial charge is 0.329 e. The van der Waals surface area contributed by atoms with Gasteiger partial charge in [-0.25, -0.2) is 9.18 Å². The number of carbonyl (C=O) groups excluding carboxylic acids is 3. The van der Waals surface area contributed by atoms with Crippen LogP contribution in [-0.4, -0.2) is 30.4 Å². The van der Waals surface area contributed by atoms with Crippen LogP contribution >= 0.6 is 11.6 Å². The third-order valence-corrected chi connectivity index (χ3v) is 4.27. The van der Waals surface area contributed by atoms with Gasteiger partial charge in [0.25, 0.3) is 11.8 Å². The van der Waals surface area contributed by atoms with Crippen molar-refractivity contribution in [3.8, 4) is 0 Å². The normalized spacial score (nSPS) is 11.7. The predicted molar refractivity (Wildman–Crippen MR) is 108 cm³/mol. The first-order valence-electron chi connectivity index (χ1n) is 8.96. The average molecular weight is 421 g/mol. The molecule has 0 saturated carbocycles. The van der Waals surface area contributed by atoms with Crippen LogP contribution in [0.5, 0.6) is 0 Å².